The van der Waals surface area contributed by atoms with E-state index >= 15 is 0 Å². The van der Waals surface area contributed by atoms with E-state index in [1.807, 2.05) is 48.5 Å². The van der Waals surface area contributed by atoms with Gasteiger partial charge in [0.15, 0.2) is 12.4 Å². The van der Waals surface area contributed by atoms with E-state index in [4.69, 9.17) is 15.6 Å². The van der Waals surface area contributed by atoms with Gasteiger partial charge in [0.05, 0.1) is 17.4 Å². The highest BCUT2D eigenvalue weighted by atomic mass is 32.2. The Labute approximate surface area is 164 Å². The van der Waals surface area contributed by atoms with Crippen LogP contribution >= 0.6 is 11.8 Å². The molecule has 0 fully saturated rings. The third-order valence-corrected chi connectivity index (χ3v) is 5.51. The molecule has 2 aromatic carbocycles. The number of nitrogens with two attached hydrogens (primary N) is 1. The zero-order valence-corrected chi connectivity index (χ0v) is 15.5. The first kappa shape index (κ1) is 17.0. The van der Waals surface area contributed by atoms with Gasteiger partial charge in [0.25, 0.3) is 5.91 Å². The van der Waals surface area contributed by atoms with Crippen LogP contribution in [0.4, 0.5) is 5.69 Å². The maximum atomic E-state index is 11.6. The Morgan fingerprint density at radius 3 is 2.89 bits per heavy atom. The highest BCUT2D eigenvalue weighted by molar-refractivity contribution is 7.99. The predicted octanol–water partition coefficient (Wildman–Crippen LogP) is 2.02. The number of benzene rings is 2. The van der Waals surface area contributed by atoms with Crippen molar-refractivity contribution in [2.45, 2.75) is 11.2 Å². The highest BCUT2D eigenvalue weighted by Gasteiger charge is 2.25. The third kappa shape index (κ3) is 2.94. The van der Waals surface area contributed by atoms with Crippen LogP contribution in [0, 0.1) is 0 Å². The number of carbonyl (C=O) groups excluding carboxylic acids is 1. The molecule has 0 radical (unpaired) electrons. The number of rotatable bonds is 3. The molecule has 9 heteroatoms. The lowest BCUT2D eigenvalue weighted by Crippen LogP contribution is -2.26. The van der Waals surface area contributed by atoms with Crippen LogP contribution in [0.25, 0.3) is 0 Å². The summed E-state index contributed by atoms with van der Waals surface area (Å²) in [6.45, 7) is 0.0357. The molecule has 8 nitrogen and oxygen atoms in total. The summed E-state index contributed by atoms with van der Waals surface area (Å²) in [5, 5.41) is 16.8. The van der Waals surface area contributed by atoms with Crippen molar-refractivity contribution in [2.24, 2.45) is 10.8 Å². The summed E-state index contributed by atoms with van der Waals surface area (Å²) in [5.74, 6) is 1.72. The lowest BCUT2D eigenvalue weighted by molar-refractivity contribution is -0.118. The second-order valence-corrected chi connectivity index (χ2v) is 7.37. The molecule has 0 saturated carbocycles. The largest absolute Gasteiger partial charge is 0.482 e. The van der Waals surface area contributed by atoms with Crippen molar-refractivity contribution in [1.29, 1.82) is 0 Å². The molecule has 2 aliphatic rings. The summed E-state index contributed by atoms with van der Waals surface area (Å²) in [4.78, 5) is 11.6. The van der Waals surface area contributed by atoms with Crippen molar-refractivity contribution >= 4 is 29.1 Å². The lowest BCUT2D eigenvalue weighted by Gasteiger charge is -2.20. The Hall–Kier alpha value is -3.17. The quantitative estimate of drug-likeness (QED) is 0.706. The number of ether oxygens (including phenoxy) is 1. The Morgan fingerprint density at radius 1 is 1.18 bits per heavy atom. The summed E-state index contributed by atoms with van der Waals surface area (Å²) in [6, 6.07) is 15.0. The number of thioether (sulfide) groups is 1. The van der Waals surface area contributed by atoms with E-state index in [9.17, 15) is 4.79 Å². The first-order valence-corrected chi connectivity index (χ1v) is 9.71. The minimum absolute atomic E-state index is 0.0357. The normalized spacial score (nSPS) is 16.3. The van der Waals surface area contributed by atoms with Crippen molar-refractivity contribution in [3.05, 3.63) is 65.5 Å². The zero-order valence-electron chi connectivity index (χ0n) is 14.7. The topological polar surface area (TPSA) is 107 Å². The minimum atomic E-state index is -0.428. The van der Waals surface area contributed by atoms with Crippen LogP contribution in [0.2, 0.25) is 0 Å². The lowest BCUT2D eigenvalue weighted by atomic mass is 10.1. The molecule has 1 amide bonds. The predicted molar refractivity (Wildman–Crippen MR) is 106 cm³/mol. The number of nitrogens with zero attached hydrogens (tertiary/aromatic N) is 4. The average molecular weight is 392 g/mol. The van der Waals surface area contributed by atoms with E-state index < -0.39 is 6.04 Å². The summed E-state index contributed by atoms with van der Waals surface area (Å²) in [5.41, 5.74) is 9.75. The Balaban J connectivity index is 1.51. The fourth-order valence-electron chi connectivity index (χ4n) is 3.15. The average Bonchev–Trinajstić information content (AvgIpc) is 3.16. The van der Waals surface area contributed by atoms with Crippen LogP contribution < -0.4 is 15.8 Å². The van der Waals surface area contributed by atoms with Crippen molar-refractivity contribution in [1.82, 2.24) is 14.9 Å². The molecule has 0 bridgehead atoms. The third-order valence-electron chi connectivity index (χ3n) is 4.58. The highest BCUT2D eigenvalue weighted by Crippen LogP contribution is 2.32. The fraction of sp³-hybridized carbons (Fsp3) is 0.158. The van der Waals surface area contributed by atoms with E-state index in [0.29, 0.717) is 28.2 Å². The molecule has 3 aromatic rings. The number of fused-ring (bicyclic) bond motifs is 2. The monoisotopic (exact) mass is 392 g/mol. The van der Waals surface area contributed by atoms with Gasteiger partial charge >= 0.3 is 0 Å². The molecule has 1 aromatic heterocycles. The van der Waals surface area contributed by atoms with Crippen LogP contribution in [0.15, 0.2) is 58.8 Å². The van der Waals surface area contributed by atoms with E-state index in [1.165, 1.54) is 0 Å². The molecule has 1 atom stereocenters. The molecule has 0 saturated heterocycles. The van der Waals surface area contributed by atoms with Gasteiger partial charge in [-0.3, -0.25) is 4.79 Å². The zero-order chi connectivity index (χ0) is 19.1. The second-order valence-electron chi connectivity index (χ2n) is 6.42. The summed E-state index contributed by atoms with van der Waals surface area (Å²) >= 11 is 1.55. The summed E-state index contributed by atoms with van der Waals surface area (Å²) in [7, 11) is 0. The Morgan fingerprint density at radius 2 is 2.04 bits per heavy atom. The molecule has 28 heavy (non-hydrogen) atoms. The SMILES string of the molecule is NC(c1ccccc1)c1nnc2n1N=C(c1ccc3c(c1)NC(=O)CO3)CS2. The molecule has 3 N–H and O–H groups in total. The van der Waals surface area contributed by atoms with Crippen molar-refractivity contribution in [2.75, 3.05) is 17.7 Å². The second kappa shape index (κ2) is 6.77. The first-order valence-electron chi connectivity index (χ1n) is 8.72. The molecular formula is C19H16N6O2S. The van der Waals surface area contributed by atoms with Gasteiger partial charge in [-0.05, 0) is 23.8 Å². The number of nitrogens with one attached hydrogen (secondary N) is 1. The van der Waals surface area contributed by atoms with Crippen LogP contribution in [0.1, 0.15) is 23.0 Å². The van der Waals surface area contributed by atoms with Gasteiger partial charge < -0.3 is 15.8 Å². The number of anilines is 1. The molecule has 0 spiro atoms. The number of aromatic nitrogens is 3. The molecule has 3 heterocycles. The fourth-order valence-corrected chi connectivity index (χ4v) is 4.00. The Kier molecular flexibility index (Phi) is 4.10. The van der Waals surface area contributed by atoms with Crippen molar-refractivity contribution in [3.63, 3.8) is 0 Å². The van der Waals surface area contributed by atoms with Gasteiger partial charge in [0.1, 0.15) is 5.75 Å². The van der Waals surface area contributed by atoms with E-state index in [0.717, 1.165) is 16.8 Å². The number of carbonyl (C=O) groups is 1. The Bertz CT molecular complexity index is 1100. The molecule has 5 rings (SSSR count). The smallest absolute Gasteiger partial charge is 0.262 e. The molecule has 1 unspecified atom stereocenters. The van der Waals surface area contributed by atoms with Gasteiger partial charge in [0.2, 0.25) is 5.16 Å². The molecular weight excluding hydrogens is 376 g/mol. The molecule has 2 aliphatic heterocycles. The maximum Gasteiger partial charge on any atom is 0.262 e. The van der Waals surface area contributed by atoms with E-state index in [1.54, 1.807) is 16.4 Å². The summed E-state index contributed by atoms with van der Waals surface area (Å²) in [6.07, 6.45) is 0. The number of amides is 1. The van der Waals surface area contributed by atoms with Gasteiger partial charge in [0, 0.05) is 11.3 Å². The van der Waals surface area contributed by atoms with Gasteiger partial charge in [-0.25, -0.2) is 0 Å². The standard InChI is InChI=1S/C19H16N6O2S/c20-17(11-4-2-1-3-5-11)18-22-23-19-25(18)24-14(10-28-19)12-6-7-15-13(8-12)21-16(26)9-27-15/h1-8,17H,9-10,20H2,(H,21,26). The van der Waals surface area contributed by atoms with Crippen LogP contribution in [-0.4, -0.2) is 38.9 Å². The van der Waals surface area contributed by atoms with Crippen LogP contribution in [-0.2, 0) is 4.79 Å². The summed E-state index contributed by atoms with van der Waals surface area (Å²) < 4.78 is 7.13. The van der Waals surface area contributed by atoms with Crippen molar-refractivity contribution in [3.8, 4) is 5.75 Å². The van der Waals surface area contributed by atoms with Crippen LogP contribution in [0.5, 0.6) is 5.75 Å². The van der Waals surface area contributed by atoms with Gasteiger partial charge in [-0.1, -0.05) is 42.1 Å². The van der Waals surface area contributed by atoms with Gasteiger partial charge in [-0.2, -0.15) is 9.78 Å². The number of hydrogen-bond donors (Lipinski definition) is 2. The number of hydrogen-bond acceptors (Lipinski definition) is 7. The molecule has 140 valence electrons. The van der Waals surface area contributed by atoms with Gasteiger partial charge in [-0.15, -0.1) is 10.2 Å². The first-order chi connectivity index (χ1) is 13.7. The minimum Gasteiger partial charge on any atom is -0.482 e. The maximum absolute atomic E-state index is 11.6. The van der Waals surface area contributed by atoms with E-state index in [-0.39, 0.29) is 12.5 Å². The van der Waals surface area contributed by atoms with E-state index in [2.05, 4.69) is 15.5 Å². The molecule has 0 aliphatic carbocycles. The van der Waals surface area contributed by atoms with Crippen LogP contribution in [0.3, 0.4) is 0 Å². The van der Waals surface area contributed by atoms with Crippen molar-refractivity contribution < 1.29 is 9.53 Å².